The molecule has 128 valence electrons. The Hall–Kier alpha value is -1.84. The molecule has 0 aliphatic carbocycles. The quantitative estimate of drug-likeness (QED) is 0.872. The van der Waals surface area contributed by atoms with Crippen molar-refractivity contribution in [2.45, 2.75) is 31.8 Å². The zero-order valence-corrected chi connectivity index (χ0v) is 14.2. The van der Waals surface area contributed by atoms with Crippen LogP contribution in [0.3, 0.4) is 0 Å². The second-order valence-electron chi connectivity index (χ2n) is 6.57. The molecule has 24 heavy (non-hydrogen) atoms. The molecule has 0 spiro atoms. The normalized spacial score (nSPS) is 17.2. The topological polar surface area (TPSA) is 32.7 Å². The van der Waals surface area contributed by atoms with Gasteiger partial charge in [-0.1, -0.05) is 55.3 Å². The van der Waals surface area contributed by atoms with E-state index in [0.29, 0.717) is 13.2 Å². The summed E-state index contributed by atoms with van der Waals surface area (Å²) in [6.07, 6.45) is 4.69. The van der Waals surface area contributed by atoms with E-state index in [0.717, 1.165) is 18.8 Å². The van der Waals surface area contributed by atoms with Crippen molar-refractivity contribution in [2.75, 3.05) is 26.2 Å². The molecule has 0 saturated carbocycles. The molecule has 3 heteroatoms. The lowest BCUT2D eigenvalue weighted by atomic mass is 10.1. The number of hydrogen-bond donors (Lipinski definition) is 1. The van der Waals surface area contributed by atoms with Gasteiger partial charge in [-0.2, -0.15) is 0 Å². The minimum atomic E-state index is -0.433. The Bertz CT molecular complexity index is 589. The van der Waals surface area contributed by atoms with Gasteiger partial charge in [0.1, 0.15) is 18.5 Å². The molecule has 3 nitrogen and oxygen atoms in total. The Balaban J connectivity index is 1.47. The van der Waals surface area contributed by atoms with E-state index < -0.39 is 6.10 Å². The summed E-state index contributed by atoms with van der Waals surface area (Å²) in [7, 11) is 0. The molecule has 1 heterocycles. The second-order valence-corrected chi connectivity index (χ2v) is 6.57. The lowest BCUT2D eigenvalue weighted by Gasteiger charge is -2.23. The summed E-state index contributed by atoms with van der Waals surface area (Å²) in [6, 6.07) is 18.4. The van der Waals surface area contributed by atoms with Crippen LogP contribution >= 0.6 is 0 Å². The van der Waals surface area contributed by atoms with E-state index in [1.807, 2.05) is 30.3 Å². The number of benzene rings is 2. The summed E-state index contributed by atoms with van der Waals surface area (Å²) < 4.78 is 5.75. The average Bonchev–Trinajstić information content (AvgIpc) is 2.90. The van der Waals surface area contributed by atoms with Gasteiger partial charge >= 0.3 is 0 Å². The van der Waals surface area contributed by atoms with E-state index in [-0.39, 0.29) is 0 Å². The summed E-state index contributed by atoms with van der Waals surface area (Å²) in [5.41, 5.74) is 2.37. The summed E-state index contributed by atoms with van der Waals surface area (Å²) in [5, 5.41) is 10.2. The SMILES string of the molecule is OC(COc1ccc(-c2ccccc2)cc1)CN1CCCCCC1. The Morgan fingerprint density at radius 3 is 2.12 bits per heavy atom. The van der Waals surface area contributed by atoms with Crippen LogP contribution < -0.4 is 4.74 Å². The number of aliphatic hydroxyl groups excluding tert-OH is 1. The molecule has 2 aromatic rings. The summed E-state index contributed by atoms with van der Waals surface area (Å²) in [4.78, 5) is 2.36. The number of ether oxygens (including phenoxy) is 1. The molecule has 1 aliphatic heterocycles. The largest absolute Gasteiger partial charge is 0.491 e. The Morgan fingerprint density at radius 1 is 0.833 bits per heavy atom. The fourth-order valence-electron chi connectivity index (χ4n) is 3.24. The van der Waals surface area contributed by atoms with Crippen LogP contribution in [0.25, 0.3) is 11.1 Å². The Kier molecular flexibility index (Phi) is 6.27. The number of β-amino-alcohol motifs (C(OH)–C–C–N with tert-alkyl or cyclic N) is 1. The van der Waals surface area contributed by atoms with Crippen LogP contribution in [-0.4, -0.2) is 42.4 Å². The molecule has 1 unspecified atom stereocenters. The molecule has 0 radical (unpaired) electrons. The predicted octanol–water partition coefficient (Wildman–Crippen LogP) is 3.97. The van der Waals surface area contributed by atoms with Crippen molar-refractivity contribution in [1.29, 1.82) is 0 Å². The highest BCUT2D eigenvalue weighted by Gasteiger charge is 2.14. The maximum atomic E-state index is 10.2. The van der Waals surface area contributed by atoms with Gasteiger partial charge in [0.05, 0.1) is 0 Å². The molecular weight excluding hydrogens is 298 g/mol. The van der Waals surface area contributed by atoms with E-state index in [2.05, 4.69) is 29.2 Å². The number of rotatable bonds is 6. The van der Waals surface area contributed by atoms with Gasteiger partial charge in [-0.05, 0) is 49.2 Å². The third-order valence-corrected chi connectivity index (χ3v) is 4.57. The average molecular weight is 325 g/mol. The van der Waals surface area contributed by atoms with Crippen molar-refractivity contribution < 1.29 is 9.84 Å². The number of hydrogen-bond acceptors (Lipinski definition) is 3. The highest BCUT2D eigenvalue weighted by molar-refractivity contribution is 5.63. The first-order valence-corrected chi connectivity index (χ1v) is 9.00. The highest BCUT2D eigenvalue weighted by Crippen LogP contribution is 2.22. The van der Waals surface area contributed by atoms with Crippen molar-refractivity contribution in [2.24, 2.45) is 0 Å². The zero-order valence-electron chi connectivity index (χ0n) is 14.2. The van der Waals surface area contributed by atoms with Crippen LogP contribution in [0.15, 0.2) is 54.6 Å². The van der Waals surface area contributed by atoms with Gasteiger partial charge in [-0.25, -0.2) is 0 Å². The second kappa shape index (κ2) is 8.86. The molecule has 0 bridgehead atoms. The molecule has 1 N–H and O–H groups in total. The molecule has 1 saturated heterocycles. The van der Waals surface area contributed by atoms with Crippen molar-refractivity contribution in [1.82, 2.24) is 4.90 Å². The third kappa shape index (κ3) is 5.08. The minimum absolute atomic E-state index is 0.348. The summed E-state index contributed by atoms with van der Waals surface area (Å²) >= 11 is 0. The predicted molar refractivity (Wildman–Crippen MR) is 98.3 cm³/mol. The molecule has 0 amide bonds. The number of aliphatic hydroxyl groups is 1. The van der Waals surface area contributed by atoms with Gasteiger partial charge < -0.3 is 14.7 Å². The van der Waals surface area contributed by atoms with E-state index in [4.69, 9.17) is 4.74 Å². The first-order chi connectivity index (χ1) is 11.8. The van der Waals surface area contributed by atoms with Crippen molar-refractivity contribution in [3.05, 3.63) is 54.6 Å². The van der Waals surface area contributed by atoms with Crippen LogP contribution in [0.4, 0.5) is 0 Å². The van der Waals surface area contributed by atoms with Gasteiger partial charge in [-0.15, -0.1) is 0 Å². The van der Waals surface area contributed by atoms with Crippen LogP contribution in [-0.2, 0) is 0 Å². The van der Waals surface area contributed by atoms with Crippen LogP contribution in [0.5, 0.6) is 5.75 Å². The molecule has 0 aromatic heterocycles. The molecular formula is C21H27NO2. The lowest BCUT2D eigenvalue weighted by Crippen LogP contribution is -2.36. The van der Waals surface area contributed by atoms with E-state index in [1.54, 1.807) is 0 Å². The summed E-state index contributed by atoms with van der Waals surface area (Å²) in [5.74, 6) is 0.810. The smallest absolute Gasteiger partial charge is 0.119 e. The standard InChI is InChI=1S/C21H27NO2/c23-20(16-22-14-6-1-2-7-15-22)17-24-21-12-10-19(11-13-21)18-8-4-3-5-9-18/h3-5,8-13,20,23H,1-2,6-7,14-17H2. The van der Waals surface area contributed by atoms with Crippen LogP contribution in [0.2, 0.25) is 0 Å². The fourth-order valence-corrected chi connectivity index (χ4v) is 3.24. The molecule has 1 atom stereocenters. The van der Waals surface area contributed by atoms with Gasteiger partial charge in [-0.3, -0.25) is 0 Å². The number of likely N-dealkylation sites (tertiary alicyclic amines) is 1. The molecule has 1 fully saturated rings. The fraction of sp³-hybridized carbons (Fsp3) is 0.429. The summed E-state index contributed by atoms with van der Waals surface area (Å²) in [6.45, 7) is 3.26. The van der Waals surface area contributed by atoms with Crippen LogP contribution in [0, 0.1) is 0 Å². The van der Waals surface area contributed by atoms with Gasteiger partial charge in [0, 0.05) is 6.54 Å². The van der Waals surface area contributed by atoms with Gasteiger partial charge in [0.25, 0.3) is 0 Å². The molecule has 2 aromatic carbocycles. The van der Waals surface area contributed by atoms with Crippen molar-refractivity contribution in [3.63, 3.8) is 0 Å². The third-order valence-electron chi connectivity index (χ3n) is 4.57. The lowest BCUT2D eigenvalue weighted by molar-refractivity contribution is 0.0694. The Morgan fingerprint density at radius 2 is 1.46 bits per heavy atom. The van der Waals surface area contributed by atoms with Gasteiger partial charge in [0.15, 0.2) is 0 Å². The first-order valence-electron chi connectivity index (χ1n) is 9.00. The minimum Gasteiger partial charge on any atom is -0.491 e. The van der Waals surface area contributed by atoms with E-state index in [1.165, 1.54) is 36.8 Å². The highest BCUT2D eigenvalue weighted by atomic mass is 16.5. The van der Waals surface area contributed by atoms with Crippen molar-refractivity contribution >= 4 is 0 Å². The maximum absolute atomic E-state index is 10.2. The molecule has 1 aliphatic rings. The van der Waals surface area contributed by atoms with E-state index in [9.17, 15) is 5.11 Å². The van der Waals surface area contributed by atoms with Gasteiger partial charge in [0.2, 0.25) is 0 Å². The maximum Gasteiger partial charge on any atom is 0.119 e. The number of nitrogens with zero attached hydrogens (tertiary/aromatic N) is 1. The van der Waals surface area contributed by atoms with E-state index >= 15 is 0 Å². The zero-order chi connectivity index (χ0) is 16.6. The molecule has 3 rings (SSSR count). The Labute approximate surface area is 144 Å². The first kappa shape index (κ1) is 17.0. The van der Waals surface area contributed by atoms with Crippen molar-refractivity contribution in [3.8, 4) is 16.9 Å². The van der Waals surface area contributed by atoms with Crippen LogP contribution in [0.1, 0.15) is 25.7 Å². The monoisotopic (exact) mass is 325 g/mol.